The van der Waals surface area contributed by atoms with Crippen molar-refractivity contribution in [3.05, 3.63) is 58.1 Å². The Morgan fingerprint density at radius 1 is 1.26 bits per heavy atom. The highest BCUT2D eigenvalue weighted by atomic mass is 79.9. The second-order valence-corrected chi connectivity index (χ2v) is 5.33. The van der Waals surface area contributed by atoms with Crippen LogP contribution in [0.1, 0.15) is 29.9 Å². The number of aryl methyl sites for hydroxylation is 1. The topological polar surface area (TPSA) is 37.8 Å². The average Bonchev–Trinajstić information content (AvgIpc) is 2.46. The molecule has 2 aromatic heterocycles. The molecule has 0 spiro atoms. The molecule has 2 heterocycles. The van der Waals surface area contributed by atoms with Crippen LogP contribution < -0.4 is 5.32 Å². The predicted molar refractivity (Wildman–Crippen MR) is 81.1 cm³/mol. The fraction of sp³-hybridized carbons (Fsp3) is 0.333. The summed E-state index contributed by atoms with van der Waals surface area (Å²) >= 11 is 3.41. The van der Waals surface area contributed by atoms with Gasteiger partial charge in [-0.25, -0.2) is 0 Å². The van der Waals surface area contributed by atoms with E-state index in [0.717, 1.165) is 28.7 Å². The van der Waals surface area contributed by atoms with Gasteiger partial charge in [0.15, 0.2) is 0 Å². The lowest BCUT2D eigenvalue weighted by Gasteiger charge is -2.18. The molecule has 100 valence electrons. The van der Waals surface area contributed by atoms with Crippen LogP contribution in [0.4, 0.5) is 0 Å². The first-order chi connectivity index (χ1) is 9.24. The first-order valence-corrected chi connectivity index (χ1v) is 7.25. The van der Waals surface area contributed by atoms with Crippen LogP contribution in [0.3, 0.4) is 0 Å². The van der Waals surface area contributed by atoms with Gasteiger partial charge in [0, 0.05) is 29.0 Å². The van der Waals surface area contributed by atoms with Gasteiger partial charge in [0.2, 0.25) is 0 Å². The molecule has 2 aromatic rings. The van der Waals surface area contributed by atoms with E-state index in [1.54, 1.807) is 0 Å². The van der Waals surface area contributed by atoms with E-state index in [9.17, 15) is 0 Å². The van der Waals surface area contributed by atoms with Crippen molar-refractivity contribution in [3.63, 3.8) is 0 Å². The molecule has 0 saturated heterocycles. The van der Waals surface area contributed by atoms with Crippen molar-refractivity contribution in [2.75, 3.05) is 7.05 Å². The molecular formula is C15H18BrN3. The van der Waals surface area contributed by atoms with Crippen molar-refractivity contribution in [2.45, 2.75) is 25.8 Å². The van der Waals surface area contributed by atoms with Crippen LogP contribution in [0.5, 0.6) is 0 Å². The number of nitrogens with one attached hydrogen (secondary N) is 1. The van der Waals surface area contributed by atoms with Crippen molar-refractivity contribution in [1.29, 1.82) is 0 Å². The first-order valence-electron chi connectivity index (χ1n) is 6.46. The summed E-state index contributed by atoms with van der Waals surface area (Å²) in [7, 11) is 1.97. The zero-order chi connectivity index (χ0) is 13.7. The first kappa shape index (κ1) is 14.2. The van der Waals surface area contributed by atoms with Gasteiger partial charge in [-0.15, -0.1) is 0 Å². The fourth-order valence-corrected chi connectivity index (χ4v) is 2.37. The third-order valence-electron chi connectivity index (χ3n) is 3.19. The molecule has 0 aliphatic carbocycles. The van der Waals surface area contributed by atoms with Crippen molar-refractivity contribution < 1.29 is 0 Å². The number of rotatable bonds is 5. The molecule has 1 unspecified atom stereocenters. The molecule has 0 aromatic carbocycles. The largest absolute Gasteiger partial charge is 0.311 e. The summed E-state index contributed by atoms with van der Waals surface area (Å²) in [6, 6.07) is 8.40. The third kappa shape index (κ3) is 3.61. The quantitative estimate of drug-likeness (QED) is 0.918. The Balaban J connectivity index is 2.22. The van der Waals surface area contributed by atoms with Gasteiger partial charge in [0.25, 0.3) is 0 Å². The van der Waals surface area contributed by atoms with Crippen molar-refractivity contribution in [1.82, 2.24) is 15.3 Å². The minimum atomic E-state index is 0.199. The molecular weight excluding hydrogens is 302 g/mol. The molecule has 4 heteroatoms. The summed E-state index contributed by atoms with van der Waals surface area (Å²) in [6.45, 7) is 2.16. The van der Waals surface area contributed by atoms with Gasteiger partial charge in [0.05, 0.1) is 11.7 Å². The van der Waals surface area contributed by atoms with E-state index in [1.165, 1.54) is 5.56 Å². The van der Waals surface area contributed by atoms with E-state index in [0.29, 0.717) is 0 Å². The second-order valence-electron chi connectivity index (χ2n) is 4.41. The van der Waals surface area contributed by atoms with Crippen molar-refractivity contribution in [3.8, 4) is 0 Å². The van der Waals surface area contributed by atoms with Crippen LogP contribution in [-0.4, -0.2) is 17.0 Å². The number of likely N-dealkylation sites (N-methyl/N-ethyl adjacent to an activating group) is 1. The van der Waals surface area contributed by atoms with E-state index >= 15 is 0 Å². The van der Waals surface area contributed by atoms with E-state index < -0.39 is 0 Å². The third-order valence-corrected chi connectivity index (χ3v) is 3.66. The van der Waals surface area contributed by atoms with Gasteiger partial charge in [0.1, 0.15) is 0 Å². The highest BCUT2D eigenvalue weighted by Gasteiger charge is 2.15. The lowest BCUT2D eigenvalue weighted by atomic mass is 10.0. The summed E-state index contributed by atoms with van der Waals surface area (Å²) in [5.41, 5.74) is 3.48. The summed E-state index contributed by atoms with van der Waals surface area (Å²) < 4.78 is 1.00. The Morgan fingerprint density at radius 3 is 2.74 bits per heavy atom. The Hall–Kier alpha value is -1.26. The maximum absolute atomic E-state index is 4.53. The zero-order valence-corrected chi connectivity index (χ0v) is 12.8. The van der Waals surface area contributed by atoms with Crippen LogP contribution in [0, 0.1) is 0 Å². The Kier molecular flexibility index (Phi) is 5.05. The molecule has 2 rings (SSSR count). The molecule has 0 saturated carbocycles. The number of halogens is 1. The number of pyridine rings is 2. The standard InChI is InChI=1S/C15H18BrN3/c1-3-11-5-4-8-18-15(11)14(17-2)9-13-7-6-12(16)10-19-13/h4-8,10,14,17H,3,9H2,1-2H3. The van der Waals surface area contributed by atoms with Crippen molar-refractivity contribution >= 4 is 15.9 Å². The van der Waals surface area contributed by atoms with Gasteiger partial charge < -0.3 is 5.32 Å². The van der Waals surface area contributed by atoms with E-state index in [-0.39, 0.29) is 6.04 Å². The molecule has 0 fully saturated rings. The summed E-state index contributed by atoms with van der Waals surface area (Å²) in [5.74, 6) is 0. The van der Waals surface area contributed by atoms with Crippen molar-refractivity contribution in [2.24, 2.45) is 0 Å². The Bertz CT molecular complexity index is 525. The minimum Gasteiger partial charge on any atom is -0.311 e. The molecule has 3 nitrogen and oxygen atoms in total. The maximum Gasteiger partial charge on any atom is 0.0608 e. The highest BCUT2D eigenvalue weighted by molar-refractivity contribution is 9.10. The highest BCUT2D eigenvalue weighted by Crippen LogP contribution is 2.20. The summed E-state index contributed by atoms with van der Waals surface area (Å²) in [6.07, 6.45) is 5.53. The van der Waals surface area contributed by atoms with Crippen LogP contribution in [0.2, 0.25) is 0 Å². The zero-order valence-electron chi connectivity index (χ0n) is 11.2. The Morgan fingerprint density at radius 2 is 2.11 bits per heavy atom. The van der Waals surface area contributed by atoms with Gasteiger partial charge in [-0.1, -0.05) is 13.0 Å². The van der Waals surface area contributed by atoms with E-state index in [1.807, 2.05) is 37.6 Å². The number of hydrogen-bond donors (Lipinski definition) is 1. The molecule has 0 radical (unpaired) electrons. The SMILES string of the molecule is CCc1cccnc1C(Cc1ccc(Br)cn1)NC. The van der Waals surface area contributed by atoms with Gasteiger partial charge in [-0.05, 0) is 53.2 Å². The molecule has 0 bridgehead atoms. The monoisotopic (exact) mass is 319 g/mol. The van der Waals surface area contributed by atoms with E-state index in [4.69, 9.17) is 0 Å². The normalized spacial score (nSPS) is 12.4. The van der Waals surface area contributed by atoms with Gasteiger partial charge in [-0.3, -0.25) is 9.97 Å². The number of nitrogens with zero attached hydrogens (tertiary/aromatic N) is 2. The summed E-state index contributed by atoms with van der Waals surface area (Å²) in [5, 5.41) is 3.34. The fourth-order valence-electron chi connectivity index (χ4n) is 2.14. The summed E-state index contributed by atoms with van der Waals surface area (Å²) in [4.78, 5) is 8.97. The van der Waals surface area contributed by atoms with E-state index in [2.05, 4.69) is 44.2 Å². The minimum absolute atomic E-state index is 0.199. The molecule has 1 atom stereocenters. The number of hydrogen-bond acceptors (Lipinski definition) is 3. The van der Waals surface area contributed by atoms with Crippen LogP contribution in [0.15, 0.2) is 41.1 Å². The lowest BCUT2D eigenvalue weighted by Crippen LogP contribution is -2.22. The van der Waals surface area contributed by atoms with Crippen LogP contribution in [-0.2, 0) is 12.8 Å². The number of aromatic nitrogens is 2. The maximum atomic E-state index is 4.53. The molecule has 1 N–H and O–H groups in total. The molecule has 0 aliphatic heterocycles. The average molecular weight is 320 g/mol. The predicted octanol–water partition coefficient (Wildman–Crippen LogP) is 3.30. The molecule has 19 heavy (non-hydrogen) atoms. The van der Waals surface area contributed by atoms with Crippen LogP contribution >= 0.6 is 15.9 Å². The molecule has 0 aliphatic rings. The second kappa shape index (κ2) is 6.78. The van der Waals surface area contributed by atoms with Gasteiger partial charge in [-0.2, -0.15) is 0 Å². The van der Waals surface area contributed by atoms with Crippen LogP contribution in [0.25, 0.3) is 0 Å². The smallest absolute Gasteiger partial charge is 0.0608 e. The lowest BCUT2D eigenvalue weighted by molar-refractivity contribution is 0.563. The van der Waals surface area contributed by atoms with Gasteiger partial charge >= 0.3 is 0 Å². The molecule has 0 amide bonds. The Labute approximate surface area is 122 Å².